The Bertz CT molecular complexity index is 1390. The average molecular weight is 560 g/mol. The second kappa shape index (κ2) is 12.8. The number of carbonyl (C=O) groups is 2. The predicted octanol–water partition coefficient (Wildman–Crippen LogP) is 4.93. The SMILES string of the molecule is COc1cc(NC(=O)NC2CCCC2)cc(Nc2nccc(-c3ccc(OC4CCN(C(C)=O)CC4)c(N)c3)n2)c1. The first-order chi connectivity index (χ1) is 19.9. The highest BCUT2D eigenvalue weighted by molar-refractivity contribution is 5.90. The number of nitrogens with two attached hydrogens (primary N) is 1. The molecule has 1 aliphatic heterocycles. The van der Waals surface area contributed by atoms with E-state index in [9.17, 15) is 9.59 Å². The summed E-state index contributed by atoms with van der Waals surface area (Å²) in [7, 11) is 1.57. The molecule has 1 aliphatic carbocycles. The summed E-state index contributed by atoms with van der Waals surface area (Å²) >= 11 is 0. The van der Waals surface area contributed by atoms with Crippen molar-refractivity contribution in [2.24, 2.45) is 0 Å². The van der Waals surface area contributed by atoms with Gasteiger partial charge < -0.3 is 36.1 Å². The lowest BCUT2D eigenvalue weighted by atomic mass is 10.1. The maximum atomic E-state index is 12.5. The van der Waals surface area contributed by atoms with E-state index in [-0.39, 0.29) is 24.1 Å². The van der Waals surface area contributed by atoms with Crippen molar-refractivity contribution in [2.45, 2.75) is 57.6 Å². The predicted molar refractivity (Wildman–Crippen MR) is 158 cm³/mol. The first-order valence-electron chi connectivity index (χ1n) is 14.0. The van der Waals surface area contributed by atoms with Crippen LogP contribution in [0.4, 0.5) is 27.8 Å². The van der Waals surface area contributed by atoms with Crippen molar-refractivity contribution in [3.63, 3.8) is 0 Å². The van der Waals surface area contributed by atoms with E-state index >= 15 is 0 Å². The van der Waals surface area contributed by atoms with Crippen LogP contribution in [0.3, 0.4) is 0 Å². The van der Waals surface area contributed by atoms with Gasteiger partial charge in [0.2, 0.25) is 11.9 Å². The highest BCUT2D eigenvalue weighted by atomic mass is 16.5. The molecule has 5 rings (SSSR count). The number of carbonyl (C=O) groups excluding carboxylic acids is 2. The second-order valence-corrected chi connectivity index (χ2v) is 10.5. The molecular weight excluding hydrogens is 522 g/mol. The lowest BCUT2D eigenvalue weighted by Crippen LogP contribution is -2.40. The third kappa shape index (κ3) is 7.36. The van der Waals surface area contributed by atoms with Gasteiger partial charge >= 0.3 is 6.03 Å². The van der Waals surface area contributed by atoms with Crippen LogP contribution < -0.4 is 31.2 Å². The molecule has 3 aromatic rings. The molecule has 1 saturated carbocycles. The Kier molecular flexibility index (Phi) is 8.71. The van der Waals surface area contributed by atoms with Gasteiger partial charge in [-0.1, -0.05) is 12.8 Å². The van der Waals surface area contributed by atoms with Crippen LogP contribution in [0.1, 0.15) is 45.4 Å². The summed E-state index contributed by atoms with van der Waals surface area (Å²) in [5.74, 6) is 1.68. The Morgan fingerprint density at radius 3 is 2.46 bits per heavy atom. The maximum absolute atomic E-state index is 12.5. The number of rotatable bonds is 8. The molecule has 2 aliphatic rings. The van der Waals surface area contributed by atoms with Crippen LogP contribution in [0.25, 0.3) is 11.3 Å². The number of nitrogens with zero attached hydrogens (tertiary/aromatic N) is 3. The van der Waals surface area contributed by atoms with Gasteiger partial charge in [-0.3, -0.25) is 4.79 Å². The number of hydrogen-bond acceptors (Lipinski definition) is 8. The van der Waals surface area contributed by atoms with Gasteiger partial charge in [-0.05, 0) is 43.2 Å². The fourth-order valence-corrected chi connectivity index (χ4v) is 5.28. The van der Waals surface area contributed by atoms with Gasteiger partial charge in [0.1, 0.15) is 17.6 Å². The van der Waals surface area contributed by atoms with E-state index in [0.29, 0.717) is 53.3 Å². The molecule has 41 heavy (non-hydrogen) atoms. The Hall–Kier alpha value is -4.54. The van der Waals surface area contributed by atoms with Crippen molar-refractivity contribution in [1.82, 2.24) is 20.2 Å². The minimum Gasteiger partial charge on any atom is -0.497 e. The van der Waals surface area contributed by atoms with Crippen molar-refractivity contribution < 1.29 is 19.1 Å². The molecule has 0 bridgehead atoms. The van der Waals surface area contributed by atoms with Gasteiger partial charge in [0.15, 0.2) is 0 Å². The zero-order chi connectivity index (χ0) is 28.8. The average Bonchev–Trinajstić information content (AvgIpc) is 3.47. The van der Waals surface area contributed by atoms with Gasteiger partial charge in [-0.25, -0.2) is 14.8 Å². The third-order valence-corrected chi connectivity index (χ3v) is 7.49. The van der Waals surface area contributed by atoms with Crippen LogP contribution in [0.2, 0.25) is 0 Å². The van der Waals surface area contributed by atoms with Crippen LogP contribution in [-0.2, 0) is 4.79 Å². The standard InChI is InChI=1S/C30H37N7O4/c1-19(38)37-13-10-24(11-14-37)41-28-8-7-20(15-26(28)31)27-9-12-32-29(36-27)33-22-16-23(18-25(17-22)40-2)35-30(39)34-21-5-3-4-6-21/h7-9,12,15-18,21,24H,3-6,10-11,13-14,31H2,1-2H3,(H,32,33,36)(H2,34,35,39). The second-order valence-electron chi connectivity index (χ2n) is 10.5. The Morgan fingerprint density at radius 2 is 1.76 bits per heavy atom. The van der Waals surface area contributed by atoms with E-state index in [2.05, 4.69) is 25.9 Å². The van der Waals surface area contributed by atoms with E-state index in [1.807, 2.05) is 29.2 Å². The largest absolute Gasteiger partial charge is 0.497 e. The lowest BCUT2D eigenvalue weighted by molar-refractivity contribution is -0.130. The molecular formula is C30H37N7O4. The lowest BCUT2D eigenvalue weighted by Gasteiger charge is -2.31. The molecule has 5 N–H and O–H groups in total. The zero-order valence-electron chi connectivity index (χ0n) is 23.5. The summed E-state index contributed by atoms with van der Waals surface area (Å²) < 4.78 is 11.6. The Morgan fingerprint density at radius 1 is 1.00 bits per heavy atom. The number of likely N-dealkylation sites (tertiary alicyclic amines) is 1. The summed E-state index contributed by atoms with van der Waals surface area (Å²) in [6, 6.07) is 12.8. The van der Waals surface area contributed by atoms with Crippen molar-refractivity contribution in [3.8, 4) is 22.8 Å². The summed E-state index contributed by atoms with van der Waals surface area (Å²) in [6.07, 6.45) is 7.54. The summed E-state index contributed by atoms with van der Waals surface area (Å²) in [5, 5.41) is 9.14. The van der Waals surface area contributed by atoms with Crippen molar-refractivity contribution in [3.05, 3.63) is 48.7 Å². The van der Waals surface area contributed by atoms with Crippen LogP contribution in [0.5, 0.6) is 11.5 Å². The number of methoxy groups -OCH3 is 1. The fraction of sp³-hybridized carbons (Fsp3) is 0.400. The zero-order valence-corrected chi connectivity index (χ0v) is 23.5. The molecule has 2 heterocycles. The number of aromatic nitrogens is 2. The molecule has 2 fully saturated rings. The van der Waals surface area contributed by atoms with Gasteiger partial charge in [0, 0.05) is 74.2 Å². The van der Waals surface area contributed by atoms with Crippen LogP contribution in [0, 0.1) is 0 Å². The van der Waals surface area contributed by atoms with E-state index in [0.717, 1.165) is 44.1 Å². The Balaban J connectivity index is 1.25. The topological polar surface area (TPSA) is 144 Å². The summed E-state index contributed by atoms with van der Waals surface area (Å²) in [5.41, 5.74) is 9.63. The van der Waals surface area contributed by atoms with Gasteiger partial charge in [0.25, 0.3) is 0 Å². The van der Waals surface area contributed by atoms with Crippen LogP contribution >= 0.6 is 0 Å². The maximum Gasteiger partial charge on any atom is 0.319 e. The molecule has 216 valence electrons. The van der Waals surface area contributed by atoms with E-state index in [4.69, 9.17) is 15.2 Å². The minimum atomic E-state index is -0.235. The number of urea groups is 1. The third-order valence-electron chi connectivity index (χ3n) is 7.49. The molecule has 0 atom stereocenters. The number of benzene rings is 2. The molecule has 0 spiro atoms. The van der Waals surface area contributed by atoms with Gasteiger partial charge in [0.05, 0.1) is 18.5 Å². The van der Waals surface area contributed by atoms with Crippen molar-refractivity contribution in [1.29, 1.82) is 0 Å². The van der Waals surface area contributed by atoms with E-state index in [1.165, 1.54) is 0 Å². The van der Waals surface area contributed by atoms with Crippen molar-refractivity contribution >= 4 is 34.9 Å². The highest BCUT2D eigenvalue weighted by Gasteiger charge is 2.23. The number of anilines is 4. The first kappa shape index (κ1) is 28.0. The first-order valence-corrected chi connectivity index (χ1v) is 14.0. The molecule has 0 unspecified atom stereocenters. The molecule has 0 radical (unpaired) electrons. The quantitative estimate of drug-likeness (QED) is 0.284. The summed E-state index contributed by atoms with van der Waals surface area (Å²) in [4.78, 5) is 34.9. The number of hydrogen-bond donors (Lipinski definition) is 4. The fourth-order valence-electron chi connectivity index (χ4n) is 5.28. The number of nitrogens with one attached hydrogen (secondary N) is 3. The van der Waals surface area contributed by atoms with Crippen LogP contribution in [-0.4, -0.2) is 59.2 Å². The number of amides is 3. The monoisotopic (exact) mass is 559 g/mol. The molecule has 11 heteroatoms. The molecule has 1 saturated heterocycles. The summed E-state index contributed by atoms with van der Waals surface area (Å²) in [6.45, 7) is 2.97. The van der Waals surface area contributed by atoms with Gasteiger partial charge in [-0.2, -0.15) is 0 Å². The molecule has 1 aromatic heterocycles. The minimum absolute atomic E-state index is 0.0182. The number of ether oxygens (including phenoxy) is 2. The van der Waals surface area contributed by atoms with E-state index in [1.54, 1.807) is 38.4 Å². The number of piperidine rings is 1. The molecule has 3 amide bonds. The van der Waals surface area contributed by atoms with E-state index < -0.39 is 0 Å². The number of nitrogen functional groups attached to an aromatic ring is 1. The smallest absolute Gasteiger partial charge is 0.319 e. The van der Waals surface area contributed by atoms with Crippen molar-refractivity contribution in [2.75, 3.05) is 36.6 Å². The molecule has 11 nitrogen and oxygen atoms in total. The van der Waals surface area contributed by atoms with Crippen LogP contribution in [0.15, 0.2) is 48.7 Å². The normalized spacial score (nSPS) is 15.8. The molecule has 2 aromatic carbocycles. The van der Waals surface area contributed by atoms with Gasteiger partial charge in [-0.15, -0.1) is 0 Å². The highest BCUT2D eigenvalue weighted by Crippen LogP contribution is 2.31. The Labute approximate surface area is 239 Å².